The highest BCUT2D eigenvalue weighted by Crippen LogP contribution is 2.22. The number of nitrogens with one attached hydrogen (secondary N) is 1. The third-order valence-electron chi connectivity index (χ3n) is 3.25. The molecule has 0 bridgehead atoms. The van der Waals surface area contributed by atoms with Gasteiger partial charge in [0.25, 0.3) is 5.56 Å². The Kier molecular flexibility index (Phi) is 2.68. The molecule has 0 amide bonds. The lowest BCUT2D eigenvalue weighted by Crippen LogP contribution is -2.39. The predicted octanol–water partition coefficient (Wildman–Crippen LogP) is 0.947. The first-order valence-electron chi connectivity index (χ1n) is 6.00. The largest absolute Gasteiger partial charge is 0.398 e. The Morgan fingerprint density at radius 1 is 1.28 bits per heavy atom. The van der Waals surface area contributed by atoms with Crippen molar-refractivity contribution in [2.24, 2.45) is 0 Å². The molecule has 0 aliphatic carbocycles. The van der Waals surface area contributed by atoms with E-state index in [0.29, 0.717) is 24.6 Å². The van der Waals surface area contributed by atoms with Crippen LogP contribution in [-0.2, 0) is 4.74 Å². The van der Waals surface area contributed by atoms with Gasteiger partial charge >= 0.3 is 0 Å². The van der Waals surface area contributed by atoms with E-state index in [1.54, 1.807) is 0 Å². The highest BCUT2D eigenvalue weighted by Gasteiger charge is 2.15. The number of H-pyrrole nitrogens is 1. The number of aromatic amines is 1. The van der Waals surface area contributed by atoms with E-state index in [2.05, 4.69) is 4.98 Å². The van der Waals surface area contributed by atoms with Gasteiger partial charge in [0.05, 0.1) is 18.7 Å². The van der Waals surface area contributed by atoms with Gasteiger partial charge in [-0.2, -0.15) is 0 Å². The number of ether oxygens (including phenoxy) is 1. The summed E-state index contributed by atoms with van der Waals surface area (Å²) >= 11 is 0. The molecule has 2 heterocycles. The van der Waals surface area contributed by atoms with Crippen molar-refractivity contribution in [2.45, 2.75) is 0 Å². The monoisotopic (exact) mass is 245 g/mol. The van der Waals surface area contributed by atoms with E-state index in [0.717, 1.165) is 24.0 Å². The number of nitrogen functional groups attached to an aromatic ring is 1. The molecule has 1 saturated heterocycles. The summed E-state index contributed by atoms with van der Waals surface area (Å²) in [6.45, 7) is 2.78. The zero-order valence-electron chi connectivity index (χ0n) is 9.98. The molecule has 1 aliphatic rings. The number of pyridine rings is 1. The number of fused-ring (bicyclic) bond motifs is 1. The molecule has 3 rings (SSSR count). The fraction of sp³-hybridized carbons (Fsp3) is 0.308. The van der Waals surface area contributed by atoms with Crippen molar-refractivity contribution in [3.8, 4) is 0 Å². The molecule has 5 heteroatoms. The lowest BCUT2D eigenvalue weighted by Gasteiger charge is -2.28. The molecule has 0 atom stereocenters. The summed E-state index contributed by atoms with van der Waals surface area (Å²) in [5, 5.41) is 0.888. The topological polar surface area (TPSA) is 71.4 Å². The van der Waals surface area contributed by atoms with Crippen LogP contribution in [0.15, 0.2) is 29.1 Å². The highest BCUT2D eigenvalue weighted by molar-refractivity contribution is 5.92. The summed E-state index contributed by atoms with van der Waals surface area (Å²) in [4.78, 5) is 17.0. The van der Waals surface area contributed by atoms with Crippen LogP contribution >= 0.6 is 0 Å². The van der Waals surface area contributed by atoms with E-state index in [1.165, 1.54) is 0 Å². The van der Waals surface area contributed by atoms with E-state index < -0.39 is 0 Å². The average Bonchev–Trinajstić information content (AvgIpc) is 2.39. The smallest absolute Gasteiger partial charge is 0.271 e. The van der Waals surface area contributed by atoms with Crippen LogP contribution in [0.25, 0.3) is 10.9 Å². The van der Waals surface area contributed by atoms with E-state index in [4.69, 9.17) is 10.5 Å². The minimum Gasteiger partial charge on any atom is -0.398 e. The second kappa shape index (κ2) is 4.34. The zero-order valence-corrected chi connectivity index (χ0v) is 9.98. The van der Waals surface area contributed by atoms with Gasteiger partial charge in [-0.15, -0.1) is 0 Å². The number of morpholine rings is 1. The Morgan fingerprint density at radius 2 is 2.06 bits per heavy atom. The van der Waals surface area contributed by atoms with Gasteiger partial charge in [-0.3, -0.25) is 4.79 Å². The van der Waals surface area contributed by atoms with E-state index in [-0.39, 0.29) is 5.56 Å². The van der Waals surface area contributed by atoms with Crippen LogP contribution < -0.4 is 16.2 Å². The minimum absolute atomic E-state index is 0.0741. The van der Waals surface area contributed by atoms with Gasteiger partial charge in [0, 0.05) is 24.2 Å². The van der Waals surface area contributed by atoms with Gasteiger partial charge in [0.2, 0.25) is 0 Å². The Labute approximate surface area is 104 Å². The standard InChI is InChI=1S/C13H15N3O2/c14-10-2-1-3-11-9(10)8-12(13(17)15-11)16-4-6-18-7-5-16/h1-3,8H,4-7,14H2,(H,15,17). The lowest BCUT2D eigenvalue weighted by atomic mass is 10.1. The first-order chi connectivity index (χ1) is 8.75. The van der Waals surface area contributed by atoms with Gasteiger partial charge in [-0.1, -0.05) is 6.07 Å². The second-order valence-electron chi connectivity index (χ2n) is 4.39. The van der Waals surface area contributed by atoms with Crippen LogP contribution in [0.5, 0.6) is 0 Å². The van der Waals surface area contributed by atoms with Crippen LogP contribution in [0.3, 0.4) is 0 Å². The molecule has 5 nitrogen and oxygen atoms in total. The SMILES string of the molecule is Nc1cccc2[nH]c(=O)c(N3CCOCC3)cc12. The molecule has 0 unspecified atom stereocenters. The third kappa shape index (κ3) is 1.82. The highest BCUT2D eigenvalue weighted by atomic mass is 16.5. The maximum absolute atomic E-state index is 12.1. The van der Waals surface area contributed by atoms with Gasteiger partial charge < -0.3 is 20.4 Å². The molecule has 0 radical (unpaired) electrons. The molecule has 1 fully saturated rings. The molecule has 18 heavy (non-hydrogen) atoms. The van der Waals surface area contributed by atoms with Crippen molar-refractivity contribution in [2.75, 3.05) is 36.9 Å². The van der Waals surface area contributed by atoms with Crippen LogP contribution in [-0.4, -0.2) is 31.3 Å². The van der Waals surface area contributed by atoms with Gasteiger partial charge in [0.1, 0.15) is 5.69 Å². The van der Waals surface area contributed by atoms with Crippen LogP contribution in [0.1, 0.15) is 0 Å². The van der Waals surface area contributed by atoms with Crippen molar-refractivity contribution in [1.29, 1.82) is 0 Å². The number of nitrogens with zero attached hydrogens (tertiary/aromatic N) is 1. The number of aromatic nitrogens is 1. The molecule has 1 aromatic carbocycles. The lowest BCUT2D eigenvalue weighted by molar-refractivity contribution is 0.122. The van der Waals surface area contributed by atoms with Crippen molar-refractivity contribution >= 4 is 22.3 Å². The summed E-state index contributed by atoms with van der Waals surface area (Å²) in [5.74, 6) is 0. The van der Waals surface area contributed by atoms with Gasteiger partial charge in [0.15, 0.2) is 0 Å². The number of hydrogen-bond donors (Lipinski definition) is 2. The summed E-state index contributed by atoms with van der Waals surface area (Å²) in [6.07, 6.45) is 0. The van der Waals surface area contributed by atoms with Crippen molar-refractivity contribution in [1.82, 2.24) is 4.98 Å². The second-order valence-corrected chi connectivity index (χ2v) is 4.39. The van der Waals surface area contributed by atoms with Gasteiger partial charge in [-0.05, 0) is 18.2 Å². The Bertz CT molecular complexity index is 630. The van der Waals surface area contributed by atoms with Crippen LogP contribution in [0, 0.1) is 0 Å². The van der Waals surface area contributed by atoms with Crippen molar-refractivity contribution < 1.29 is 4.74 Å². The van der Waals surface area contributed by atoms with E-state index in [1.807, 2.05) is 29.2 Å². The molecule has 94 valence electrons. The minimum atomic E-state index is -0.0741. The fourth-order valence-electron chi connectivity index (χ4n) is 2.28. The first-order valence-corrected chi connectivity index (χ1v) is 6.00. The molecular formula is C13H15N3O2. The Morgan fingerprint density at radius 3 is 2.83 bits per heavy atom. The quantitative estimate of drug-likeness (QED) is 0.734. The zero-order chi connectivity index (χ0) is 12.5. The van der Waals surface area contributed by atoms with E-state index >= 15 is 0 Å². The number of benzene rings is 1. The van der Waals surface area contributed by atoms with Crippen LogP contribution in [0.4, 0.5) is 11.4 Å². The number of nitrogens with two attached hydrogens (primary N) is 1. The Hall–Kier alpha value is -2.01. The molecule has 3 N–H and O–H groups in total. The maximum atomic E-state index is 12.1. The summed E-state index contributed by atoms with van der Waals surface area (Å²) < 4.78 is 5.29. The number of rotatable bonds is 1. The van der Waals surface area contributed by atoms with Crippen molar-refractivity contribution in [3.05, 3.63) is 34.6 Å². The molecule has 0 saturated carbocycles. The number of hydrogen-bond acceptors (Lipinski definition) is 4. The third-order valence-corrected chi connectivity index (χ3v) is 3.25. The number of anilines is 2. The molecule has 1 aliphatic heterocycles. The predicted molar refractivity (Wildman–Crippen MR) is 72.0 cm³/mol. The fourth-order valence-corrected chi connectivity index (χ4v) is 2.28. The maximum Gasteiger partial charge on any atom is 0.271 e. The molecule has 0 spiro atoms. The summed E-state index contributed by atoms with van der Waals surface area (Å²) in [7, 11) is 0. The summed E-state index contributed by atoms with van der Waals surface area (Å²) in [6, 6.07) is 7.40. The van der Waals surface area contributed by atoms with Crippen molar-refractivity contribution in [3.63, 3.8) is 0 Å². The van der Waals surface area contributed by atoms with Gasteiger partial charge in [-0.25, -0.2) is 0 Å². The molecule has 2 aromatic rings. The van der Waals surface area contributed by atoms with Crippen LogP contribution in [0.2, 0.25) is 0 Å². The normalized spacial score (nSPS) is 16.1. The van der Waals surface area contributed by atoms with E-state index in [9.17, 15) is 4.79 Å². The molecule has 1 aromatic heterocycles. The summed E-state index contributed by atoms with van der Waals surface area (Å²) in [5.41, 5.74) is 7.99. The Balaban J connectivity index is 2.14. The average molecular weight is 245 g/mol. The molecular weight excluding hydrogens is 230 g/mol. The first kappa shape index (κ1) is 11.1.